The number of hydrogen-bond donors (Lipinski definition) is 2. The molecule has 0 aromatic carbocycles. The maximum atomic E-state index is 12.1. The summed E-state index contributed by atoms with van der Waals surface area (Å²) in [5.41, 5.74) is 0.818. The highest BCUT2D eigenvalue weighted by Gasteiger charge is 2.29. The Balaban J connectivity index is 1.77. The van der Waals surface area contributed by atoms with E-state index in [1.54, 1.807) is 6.33 Å². The van der Waals surface area contributed by atoms with Crippen LogP contribution in [0.5, 0.6) is 0 Å². The minimum atomic E-state index is 0.00725. The number of rotatable bonds is 4. The second-order valence-corrected chi connectivity index (χ2v) is 5.64. The number of nitrogens with one attached hydrogen (secondary N) is 2. The number of carbonyl (C=O) groups excluding carboxylic acids is 1. The van der Waals surface area contributed by atoms with Crippen molar-refractivity contribution < 1.29 is 4.79 Å². The molecule has 2 N–H and O–H groups in total. The van der Waals surface area contributed by atoms with Crippen molar-refractivity contribution in [1.29, 1.82) is 0 Å². The number of aromatic nitrogens is 3. The maximum absolute atomic E-state index is 12.1. The van der Waals surface area contributed by atoms with Crippen molar-refractivity contribution in [2.75, 3.05) is 11.9 Å². The lowest BCUT2D eigenvalue weighted by Crippen LogP contribution is -2.50. The van der Waals surface area contributed by atoms with Gasteiger partial charge in [0.1, 0.15) is 17.8 Å². The summed E-state index contributed by atoms with van der Waals surface area (Å²) in [4.78, 5) is 25.6. The van der Waals surface area contributed by atoms with Gasteiger partial charge in [0.2, 0.25) is 5.91 Å². The van der Waals surface area contributed by atoms with Crippen LogP contribution in [0.25, 0.3) is 11.0 Å². The molecule has 1 aliphatic heterocycles. The highest BCUT2D eigenvalue weighted by Crippen LogP contribution is 2.24. The minimum absolute atomic E-state index is 0.00725. The Morgan fingerprint density at radius 3 is 3.18 bits per heavy atom. The van der Waals surface area contributed by atoms with E-state index in [1.807, 2.05) is 17.2 Å². The van der Waals surface area contributed by atoms with E-state index in [2.05, 4.69) is 33.8 Å². The molecule has 22 heavy (non-hydrogen) atoms. The van der Waals surface area contributed by atoms with Gasteiger partial charge in [-0.2, -0.15) is 0 Å². The van der Waals surface area contributed by atoms with Crippen molar-refractivity contribution in [2.24, 2.45) is 0 Å². The van der Waals surface area contributed by atoms with Gasteiger partial charge in [0, 0.05) is 24.8 Å². The summed E-state index contributed by atoms with van der Waals surface area (Å²) in [6.07, 6.45) is 7.80. The number of H-pyrrole nitrogens is 1. The summed E-state index contributed by atoms with van der Waals surface area (Å²) in [6.45, 7) is 6.41. The number of likely N-dealkylation sites (tertiary alicyclic amines) is 1. The van der Waals surface area contributed by atoms with E-state index in [-0.39, 0.29) is 11.9 Å². The number of fused-ring (bicyclic) bond motifs is 1. The monoisotopic (exact) mass is 299 g/mol. The molecule has 1 aliphatic rings. The molecule has 116 valence electrons. The number of nitrogens with zero attached hydrogens (tertiary/aromatic N) is 3. The van der Waals surface area contributed by atoms with Gasteiger partial charge in [-0.1, -0.05) is 13.5 Å². The van der Waals surface area contributed by atoms with Crippen LogP contribution in [0.15, 0.2) is 31.2 Å². The molecule has 0 spiro atoms. The van der Waals surface area contributed by atoms with Gasteiger partial charge in [-0.3, -0.25) is 4.79 Å². The summed E-state index contributed by atoms with van der Waals surface area (Å²) < 4.78 is 0. The zero-order chi connectivity index (χ0) is 15.5. The van der Waals surface area contributed by atoms with Crippen molar-refractivity contribution >= 4 is 22.8 Å². The van der Waals surface area contributed by atoms with Crippen LogP contribution >= 0.6 is 0 Å². The third-order valence-electron chi connectivity index (χ3n) is 4.33. The number of carbonyl (C=O) groups is 1. The summed E-state index contributed by atoms with van der Waals surface area (Å²) in [5.74, 6) is 0.824. The van der Waals surface area contributed by atoms with Crippen LogP contribution in [0.2, 0.25) is 0 Å². The molecular weight excluding hydrogens is 278 g/mol. The highest BCUT2D eigenvalue weighted by atomic mass is 16.2. The molecule has 0 saturated carbocycles. The van der Waals surface area contributed by atoms with Gasteiger partial charge in [0.05, 0.1) is 5.39 Å². The van der Waals surface area contributed by atoms with Gasteiger partial charge in [-0.25, -0.2) is 9.97 Å². The van der Waals surface area contributed by atoms with Crippen molar-refractivity contribution in [3.63, 3.8) is 0 Å². The van der Waals surface area contributed by atoms with Gasteiger partial charge in [-0.05, 0) is 31.4 Å². The Kier molecular flexibility index (Phi) is 4.09. The smallest absolute Gasteiger partial charge is 0.246 e. The Labute approximate surface area is 129 Å². The number of amides is 1. The lowest BCUT2D eigenvalue weighted by Gasteiger charge is -2.39. The summed E-state index contributed by atoms with van der Waals surface area (Å²) in [7, 11) is 0. The summed E-state index contributed by atoms with van der Waals surface area (Å²) in [5, 5.41) is 4.44. The van der Waals surface area contributed by atoms with Crippen LogP contribution in [-0.2, 0) is 4.79 Å². The number of anilines is 1. The molecule has 1 amide bonds. The highest BCUT2D eigenvalue weighted by molar-refractivity contribution is 5.88. The van der Waals surface area contributed by atoms with Crippen molar-refractivity contribution in [2.45, 2.75) is 38.3 Å². The molecule has 6 nitrogen and oxygen atoms in total. The van der Waals surface area contributed by atoms with Gasteiger partial charge >= 0.3 is 0 Å². The molecule has 0 bridgehead atoms. The normalized spacial score (nSPS) is 21.8. The van der Waals surface area contributed by atoms with Crippen LogP contribution in [0.4, 0.5) is 5.82 Å². The molecule has 2 aromatic heterocycles. The first-order valence-electron chi connectivity index (χ1n) is 7.70. The third-order valence-corrected chi connectivity index (χ3v) is 4.33. The predicted molar refractivity (Wildman–Crippen MR) is 86.5 cm³/mol. The maximum Gasteiger partial charge on any atom is 0.246 e. The fraction of sp³-hybridized carbons (Fsp3) is 0.438. The molecule has 1 unspecified atom stereocenters. The lowest BCUT2D eigenvalue weighted by atomic mass is 9.96. The molecular formula is C16H21N5O. The van der Waals surface area contributed by atoms with Crippen molar-refractivity contribution in [1.82, 2.24) is 19.9 Å². The molecule has 2 atom stereocenters. The Bertz CT molecular complexity index is 680. The van der Waals surface area contributed by atoms with Gasteiger partial charge in [-0.15, -0.1) is 0 Å². The number of aromatic amines is 1. The van der Waals surface area contributed by atoms with E-state index in [0.717, 1.165) is 36.1 Å². The third kappa shape index (κ3) is 2.68. The number of piperidine rings is 1. The summed E-state index contributed by atoms with van der Waals surface area (Å²) >= 11 is 0. The lowest BCUT2D eigenvalue weighted by molar-refractivity contribution is -0.129. The first-order chi connectivity index (χ1) is 10.7. The number of hydrogen-bond acceptors (Lipinski definition) is 4. The Morgan fingerprint density at radius 2 is 2.41 bits per heavy atom. The van der Waals surface area contributed by atoms with Crippen LogP contribution in [0, 0.1) is 0 Å². The SMILES string of the molecule is C=CC(=O)N1CC(Nc2ncnc3[nH]ccc23)CC[C@H]1CC. The first-order valence-corrected chi connectivity index (χ1v) is 7.70. The molecule has 6 heteroatoms. The zero-order valence-electron chi connectivity index (χ0n) is 12.7. The molecule has 1 fully saturated rings. The van der Waals surface area contributed by atoms with E-state index in [0.29, 0.717) is 12.6 Å². The van der Waals surface area contributed by atoms with E-state index < -0.39 is 0 Å². The van der Waals surface area contributed by atoms with Gasteiger partial charge in [0.15, 0.2) is 0 Å². The Morgan fingerprint density at radius 1 is 1.55 bits per heavy atom. The van der Waals surface area contributed by atoms with Gasteiger partial charge in [0.25, 0.3) is 0 Å². The van der Waals surface area contributed by atoms with E-state index in [9.17, 15) is 4.79 Å². The Hall–Kier alpha value is -2.37. The fourth-order valence-corrected chi connectivity index (χ4v) is 3.14. The van der Waals surface area contributed by atoms with Crippen molar-refractivity contribution in [3.8, 4) is 0 Å². The van der Waals surface area contributed by atoms with Crippen LogP contribution in [0.3, 0.4) is 0 Å². The fourth-order valence-electron chi connectivity index (χ4n) is 3.14. The first kappa shape index (κ1) is 14.6. The predicted octanol–water partition coefficient (Wildman–Crippen LogP) is 2.33. The van der Waals surface area contributed by atoms with E-state index in [1.165, 1.54) is 6.08 Å². The molecule has 0 aliphatic carbocycles. The second-order valence-electron chi connectivity index (χ2n) is 5.64. The average Bonchev–Trinajstić information content (AvgIpc) is 3.03. The van der Waals surface area contributed by atoms with E-state index in [4.69, 9.17) is 0 Å². The molecule has 3 heterocycles. The van der Waals surface area contributed by atoms with Crippen LogP contribution in [0.1, 0.15) is 26.2 Å². The van der Waals surface area contributed by atoms with Crippen LogP contribution < -0.4 is 5.32 Å². The minimum Gasteiger partial charge on any atom is -0.365 e. The standard InChI is InChI=1S/C16H21N5O/c1-3-12-6-5-11(9-21(12)14(22)4-2)20-16-13-7-8-17-15(13)18-10-19-16/h4,7-8,10-12H,2-3,5-6,9H2,1H3,(H2,17,18,19,20)/t11?,12-/m1/s1. The molecule has 3 rings (SSSR count). The largest absolute Gasteiger partial charge is 0.365 e. The average molecular weight is 299 g/mol. The summed E-state index contributed by atoms with van der Waals surface area (Å²) in [6, 6.07) is 2.46. The molecule has 1 saturated heterocycles. The van der Waals surface area contributed by atoms with Crippen LogP contribution in [-0.4, -0.2) is 44.4 Å². The zero-order valence-corrected chi connectivity index (χ0v) is 12.7. The quantitative estimate of drug-likeness (QED) is 0.850. The van der Waals surface area contributed by atoms with Gasteiger partial charge < -0.3 is 15.2 Å². The van der Waals surface area contributed by atoms with E-state index >= 15 is 0 Å². The topological polar surface area (TPSA) is 73.9 Å². The molecule has 0 radical (unpaired) electrons. The molecule has 2 aromatic rings. The van der Waals surface area contributed by atoms with Crippen molar-refractivity contribution in [3.05, 3.63) is 31.2 Å². The second kappa shape index (κ2) is 6.17.